The van der Waals surface area contributed by atoms with E-state index in [4.69, 9.17) is 4.74 Å². The number of piperidine rings is 1. The second-order valence-corrected chi connectivity index (χ2v) is 6.24. The Morgan fingerprint density at radius 2 is 1.38 bits per heavy atom. The molecule has 2 aromatic carbocycles. The number of ether oxygens (including phenoxy) is 1. The lowest BCUT2D eigenvalue weighted by Crippen LogP contribution is -2.35. The predicted octanol–water partition coefficient (Wildman–Crippen LogP) is 3.97. The van der Waals surface area contributed by atoms with Crippen molar-refractivity contribution in [2.24, 2.45) is 0 Å². The molecule has 0 bridgehead atoms. The van der Waals surface area contributed by atoms with Crippen molar-refractivity contribution in [1.82, 2.24) is 4.90 Å². The van der Waals surface area contributed by atoms with Crippen molar-refractivity contribution >= 4 is 23.3 Å². The minimum absolute atomic E-state index is 0.0546. The zero-order chi connectivity index (χ0) is 18.4. The maximum atomic E-state index is 12.4. The van der Waals surface area contributed by atoms with Gasteiger partial charge in [-0.25, -0.2) is 4.79 Å². The Labute approximate surface area is 153 Å². The molecule has 1 saturated heterocycles. The van der Waals surface area contributed by atoms with Crippen LogP contribution in [-0.4, -0.2) is 37.0 Å². The van der Waals surface area contributed by atoms with Crippen molar-refractivity contribution in [3.8, 4) is 5.75 Å². The normalized spacial score (nSPS) is 13.8. The van der Waals surface area contributed by atoms with Crippen LogP contribution in [0.15, 0.2) is 48.5 Å². The van der Waals surface area contributed by atoms with E-state index in [-0.39, 0.29) is 11.9 Å². The van der Waals surface area contributed by atoms with Crippen molar-refractivity contribution < 1.29 is 14.3 Å². The average Bonchev–Trinajstić information content (AvgIpc) is 2.69. The average molecular weight is 353 g/mol. The van der Waals surface area contributed by atoms with Crippen molar-refractivity contribution in [3.63, 3.8) is 0 Å². The Morgan fingerprint density at radius 1 is 0.846 bits per heavy atom. The number of rotatable bonds is 4. The van der Waals surface area contributed by atoms with Crippen LogP contribution in [0.2, 0.25) is 0 Å². The van der Waals surface area contributed by atoms with Gasteiger partial charge >= 0.3 is 6.03 Å². The van der Waals surface area contributed by atoms with Gasteiger partial charge in [0.15, 0.2) is 0 Å². The molecule has 136 valence electrons. The number of hydrogen-bond acceptors (Lipinski definition) is 3. The van der Waals surface area contributed by atoms with Crippen LogP contribution in [0, 0.1) is 0 Å². The zero-order valence-corrected chi connectivity index (χ0v) is 14.8. The van der Waals surface area contributed by atoms with Crippen LogP contribution >= 0.6 is 0 Å². The summed E-state index contributed by atoms with van der Waals surface area (Å²) in [6.07, 6.45) is 3.32. The first-order valence-corrected chi connectivity index (χ1v) is 8.77. The van der Waals surface area contributed by atoms with E-state index in [1.807, 2.05) is 4.90 Å². The Bertz CT molecular complexity index is 751. The van der Waals surface area contributed by atoms with E-state index in [9.17, 15) is 9.59 Å². The Hall–Kier alpha value is -3.02. The highest BCUT2D eigenvalue weighted by atomic mass is 16.5. The van der Waals surface area contributed by atoms with Crippen molar-refractivity contribution in [2.45, 2.75) is 19.3 Å². The SMILES string of the molecule is COc1ccc(NC(=O)Nc2ccc(C(=O)N3CCCCC3)cc2)cc1. The van der Waals surface area contributed by atoms with Gasteiger partial charge in [-0.15, -0.1) is 0 Å². The number of anilines is 2. The van der Waals surface area contributed by atoms with Crippen LogP contribution < -0.4 is 15.4 Å². The fourth-order valence-electron chi connectivity index (χ4n) is 2.94. The van der Waals surface area contributed by atoms with Crippen molar-refractivity contribution in [2.75, 3.05) is 30.8 Å². The first-order chi connectivity index (χ1) is 12.7. The van der Waals surface area contributed by atoms with Gasteiger partial charge in [0.1, 0.15) is 5.75 Å². The van der Waals surface area contributed by atoms with Crippen LogP contribution in [0.1, 0.15) is 29.6 Å². The molecule has 0 unspecified atom stereocenters. The number of urea groups is 1. The third kappa shape index (κ3) is 4.53. The molecule has 1 aliphatic rings. The van der Waals surface area contributed by atoms with E-state index >= 15 is 0 Å². The molecule has 1 heterocycles. The molecule has 6 nitrogen and oxygen atoms in total. The summed E-state index contributed by atoms with van der Waals surface area (Å²) in [6.45, 7) is 1.65. The third-order valence-electron chi connectivity index (χ3n) is 4.38. The number of nitrogens with zero attached hydrogens (tertiary/aromatic N) is 1. The third-order valence-corrected chi connectivity index (χ3v) is 4.38. The van der Waals surface area contributed by atoms with E-state index in [2.05, 4.69) is 10.6 Å². The standard InChI is InChI=1S/C20H23N3O3/c1-26-18-11-9-17(10-12-18)22-20(25)21-16-7-5-15(6-8-16)19(24)23-13-3-2-4-14-23/h5-12H,2-4,13-14H2,1H3,(H2,21,22,25). The van der Waals surface area contributed by atoms with Crippen LogP contribution in [0.25, 0.3) is 0 Å². The molecule has 6 heteroatoms. The summed E-state index contributed by atoms with van der Waals surface area (Å²) < 4.78 is 5.08. The molecule has 3 rings (SSSR count). The minimum atomic E-state index is -0.342. The first kappa shape index (κ1) is 17.8. The molecule has 26 heavy (non-hydrogen) atoms. The minimum Gasteiger partial charge on any atom is -0.497 e. The molecule has 1 fully saturated rings. The van der Waals surface area contributed by atoms with E-state index in [0.717, 1.165) is 31.7 Å². The maximum Gasteiger partial charge on any atom is 0.323 e. The van der Waals surface area contributed by atoms with Crippen LogP contribution in [-0.2, 0) is 0 Å². The van der Waals surface area contributed by atoms with Gasteiger partial charge in [0.25, 0.3) is 5.91 Å². The second kappa shape index (κ2) is 8.38. The molecule has 2 aromatic rings. The number of amides is 3. The summed E-state index contributed by atoms with van der Waals surface area (Å²) >= 11 is 0. The summed E-state index contributed by atoms with van der Waals surface area (Å²) in [5.41, 5.74) is 1.94. The molecule has 0 spiro atoms. The van der Waals surface area contributed by atoms with Crippen LogP contribution in [0.4, 0.5) is 16.2 Å². The molecule has 0 saturated carbocycles. The number of carbonyl (C=O) groups excluding carboxylic acids is 2. The monoisotopic (exact) mass is 353 g/mol. The highest BCUT2D eigenvalue weighted by molar-refractivity contribution is 6.00. The first-order valence-electron chi connectivity index (χ1n) is 8.77. The number of nitrogens with one attached hydrogen (secondary N) is 2. The van der Waals surface area contributed by atoms with Crippen LogP contribution in [0.5, 0.6) is 5.75 Å². The lowest BCUT2D eigenvalue weighted by atomic mass is 10.1. The Balaban J connectivity index is 1.56. The van der Waals surface area contributed by atoms with Gasteiger partial charge in [-0.1, -0.05) is 0 Å². The summed E-state index contributed by atoms with van der Waals surface area (Å²) in [5, 5.41) is 5.51. The van der Waals surface area contributed by atoms with E-state index in [0.29, 0.717) is 16.9 Å². The topological polar surface area (TPSA) is 70.7 Å². The van der Waals surface area contributed by atoms with E-state index in [1.165, 1.54) is 6.42 Å². The number of benzene rings is 2. The summed E-state index contributed by atoms with van der Waals surface area (Å²) in [4.78, 5) is 26.4. The lowest BCUT2D eigenvalue weighted by molar-refractivity contribution is 0.0724. The molecule has 1 aliphatic heterocycles. The predicted molar refractivity (Wildman–Crippen MR) is 102 cm³/mol. The molecule has 0 aromatic heterocycles. The molecular formula is C20H23N3O3. The second-order valence-electron chi connectivity index (χ2n) is 6.24. The Morgan fingerprint density at radius 3 is 1.92 bits per heavy atom. The van der Waals surface area contributed by atoms with Gasteiger partial charge < -0.3 is 20.3 Å². The molecule has 0 radical (unpaired) electrons. The number of likely N-dealkylation sites (tertiary alicyclic amines) is 1. The van der Waals surface area contributed by atoms with Gasteiger partial charge in [0.2, 0.25) is 0 Å². The molecule has 0 atom stereocenters. The zero-order valence-electron chi connectivity index (χ0n) is 14.8. The number of methoxy groups -OCH3 is 1. The summed E-state index contributed by atoms with van der Waals surface area (Å²) in [6, 6.07) is 13.7. The van der Waals surface area contributed by atoms with Crippen LogP contribution in [0.3, 0.4) is 0 Å². The quantitative estimate of drug-likeness (QED) is 0.874. The van der Waals surface area contributed by atoms with E-state index in [1.54, 1.807) is 55.6 Å². The smallest absolute Gasteiger partial charge is 0.323 e. The fourth-order valence-corrected chi connectivity index (χ4v) is 2.94. The number of carbonyl (C=O) groups is 2. The maximum absolute atomic E-state index is 12.4. The van der Waals surface area contributed by atoms with Gasteiger partial charge in [-0.05, 0) is 67.8 Å². The molecule has 3 amide bonds. The van der Waals surface area contributed by atoms with Gasteiger partial charge in [-0.2, -0.15) is 0 Å². The number of hydrogen-bond donors (Lipinski definition) is 2. The summed E-state index contributed by atoms with van der Waals surface area (Å²) in [7, 11) is 1.59. The highest BCUT2D eigenvalue weighted by Gasteiger charge is 2.17. The lowest BCUT2D eigenvalue weighted by Gasteiger charge is -2.26. The van der Waals surface area contributed by atoms with Gasteiger partial charge in [0, 0.05) is 30.0 Å². The molecule has 2 N–H and O–H groups in total. The fraction of sp³-hybridized carbons (Fsp3) is 0.300. The van der Waals surface area contributed by atoms with E-state index < -0.39 is 0 Å². The Kier molecular flexibility index (Phi) is 5.73. The van der Waals surface area contributed by atoms with Crippen molar-refractivity contribution in [1.29, 1.82) is 0 Å². The summed E-state index contributed by atoms with van der Waals surface area (Å²) in [5.74, 6) is 0.781. The molecule has 0 aliphatic carbocycles. The largest absolute Gasteiger partial charge is 0.497 e. The van der Waals surface area contributed by atoms with Gasteiger partial charge in [0.05, 0.1) is 7.11 Å². The van der Waals surface area contributed by atoms with Gasteiger partial charge in [-0.3, -0.25) is 4.79 Å². The highest BCUT2D eigenvalue weighted by Crippen LogP contribution is 2.17. The molecular weight excluding hydrogens is 330 g/mol. The van der Waals surface area contributed by atoms with Crippen molar-refractivity contribution in [3.05, 3.63) is 54.1 Å².